The summed E-state index contributed by atoms with van der Waals surface area (Å²) in [5.41, 5.74) is -0.914. The van der Waals surface area contributed by atoms with E-state index in [-0.39, 0.29) is 11.9 Å². The first kappa shape index (κ1) is 10.6. The Balaban J connectivity index is 2.44. The summed E-state index contributed by atoms with van der Waals surface area (Å²) in [6.45, 7) is 1.72. The van der Waals surface area contributed by atoms with Gasteiger partial charge in [0, 0.05) is 11.9 Å². The van der Waals surface area contributed by atoms with E-state index in [0.29, 0.717) is 0 Å². The highest BCUT2D eigenvalue weighted by atomic mass is 79.9. The lowest BCUT2D eigenvalue weighted by Gasteiger charge is -2.18. The van der Waals surface area contributed by atoms with E-state index in [9.17, 15) is 9.59 Å². The fourth-order valence-electron chi connectivity index (χ4n) is 1.53. The lowest BCUT2D eigenvalue weighted by atomic mass is 10.0. The summed E-state index contributed by atoms with van der Waals surface area (Å²) in [6.07, 6.45) is 0. The molecule has 1 aromatic rings. The molecule has 0 unspecified atom stereocenters. The van der Waals surface area contributed by atoms with Gasteiger partial charge in [0.05, 0.1) is 3.79 Å². The van der Waals surface area contributed by atoms with Crippen LogP contribution in [0, 0.1) is 0 Å². The zero-order chi connectivity index (χ0) is 11.2. The molecule has 2 rings (SSSR count). The molecule has 15 heavy (non-hydrogen) atoms. The Kier molecular flexibility index (Phi) is 2.35. The van der Waals surface area contributed by atoms with Crippen LogP contribution >= 0.6 is 27.3 Å². The molecule has 1 saturated heterocycles. The maximum atomic E-state index is 11.9. The van der Waals surface area contributed by atoms with E-state index in [2.05, 4.69) is 21.2 Å². The molecule has 0 aliphatic carbocycles. The average Bonchev–Trinajstić information content (AvgIpc) is 2.68. The van der Waals surface area contributed by atoms with Crippen LogP contribution in [0.1, 0.15) is 11.8 Å². The zero-order valence-electron chi connectivity index (χ0n) is 8.20. The van der Waals surface area contributed by atoms with E-state index < -0.39 is 5.54 Å². The highest BCUT2D eigenvalue weighted by molar-refractivity contribution is 9.11. The van der Waals surface area contributed by atoms with Crippen molar-refractivity contribution in [1.82, 2.24) is 10.2 Å². The number of amides is 3. The number of urea groups is 1. The number of thiophene rings is 1. The fraction of sp³-hybridized carbons (Fsp3) is 0.333. The minimum absolute atomic E-state index is 0.221. The van der Waals surface area contributed by atoms with Crippen molar-refractivity contribution in [2.24, 2.45) is 0 Å². The molecule has 1 fully saturated rings. The third-order valence-corrected chi connectivity index (χ3v) is 4.31. The average molecular weight is 289 g/mol. The van der Waals surface area contributed by atoms with Gasteiger partial charge in [-0.15, -0.1) is 11.3 Å². The molecule has 0 saturated carbocycles. The van der Waals surface area contributed by atoms with Crippen LogP contribution in [-0.2, 0) is 10.3 Å². The van der Waals surface area contributed by atoms with E-state index in [0.717, 1.165) is 13.6 Å². The maximum absolute atomic E-state index is 11.9. The summed E-state index contributed by atoms with van der Waals surface area (Å²) < 4.78 is 0.940. The number of rotatable bonds is 1. The molecule has 2 heterocycles. The molecule has 3 amide bonds. The molecule has 1 aromatic heterocycles. The van der Waals surface area contributed by atoms with Crippen molar-refractivity contribution >= 4 is 39.2 Å². The topological polar surface area (TPSA) is 49.4 Å². The summed E-state index contributed by atoms with van der Waals surface area (Å²) >= 11 is 4.78. The second-order valence-electron chi connectivity index (χ2n) is 3.52. The van der Waals surface area contributed by atoms with Gasteiger partial charge in [0.1, 0.15) is 0 Å². The molecular formula is C9H9BrN2O2S. The Bertz CT molecular complexity index is 445. The molecule has 0 radical (unpaired) electrons. The number of likely N-dealkylation sites (N-methyl/N-ethyl adjacent to an activating group) is 1. The molecule has 6 heteroatoms. The quantitative estimate of drug-likeness (QED) is 0.803. The van der Waals surface area contributed by atoms with Gasteiger partial charge in [0.25, 0.3) is 5.91 Å². The molecule has 1 atom stereocenters. The Morgan fingerprint density at radius 2 is 2.13 bits per heavy atom. The predicted molar refractivity (Wildman–Crippen MR) is 60.7 cm³/mol. The predicted octanol–water partition coefficient (Wildman–Crippen LogP) is 1.91. The standard InChI is InChI=1S/C9H9BrN2O2S/c1-9(5-3-4-6(10)15-5)7(13)12(2)8(14)11-9/h3-4H,1-2H3,(H,11,14)/t9-/m0/s1. The first-order valence-corrected chi connectivity index (χ1v) is 5.92. The lowest BCUT2D eigenvalue weighted by Crippen LogP contribution is -2.39. The Labute approximate surface area is 99.4 Å². The van der Waals surface area contributed by atoms with Gasteiger partial charge in [-0.2, -0.15) is 0 Å². The summed E-state index contributed by atoms with van der Waals surface area (Å²) in [6, 6.07) is 3.35. The zero-order valence-corrected chi connectivity index (χ0v) is 10.6. The van der Waals surface area contributed by atoms with Crippen LogP contribution in [0.2, 0.25) is 0 Å². The number of nitrogens with one attached hydrogen (secondary N) is 1. The van der Waals surface area contributed by atoms with Crippen LogP contribution in [0.25, 0.3) is 0 Å². The van der Waals surface area contributed by atoms with E-state index in [4.69, 9.17) is 0 Å². The maximum Gasteiger partial charge on any atom is 0.325 e. The van der Waals surface area contributed by atoms with Crippen LogP contribution in [0.4, 0.5) is 4.79 Å². The third-order valence-electron chi connectivity index (χ3n) is 2.46. The highest BCUT2D eigenvalue weighted by Crippen LogP contribution is 2.34. The van der Waals surface area contributed by atoms with E-state index in [1.807, 2.05) is 12.1 Å². The first-order valence-electron chi connectivity index (χ1n) is 4.31. The van der Waals surface area contributed by atoms with E-state index >= 15 is 0 Å². The van der Waals surface area contributed by atoms with Gasteiger partial charge in [-0.3, -0.25) is 9.69 Å². The van der Waals surface area contributed by atoms with Crippen molar-refractivity contribution in [3.8, 4) is 0 Å². The molecule has 1 aliphatic rings. The van der Waals surface area contributed by atoms with Gasteiger partial charge in [-0.25, -0.2) is 4.79 Å². The monoisotopic (exact) mass is 288 g/mol. The van der Waals surface area contributed by atoms with E-state index in [1.54, 1.807) is 6.92 Å². The molecule has 80 valence electrons. The highest BCUT2D eigenvalue weighted by Gasteiger charge is 2.48. The van der Waals surface area contributed by atoms with Crippen molar-refractivity contribution in [2.75, 3.05) is 7.05 Å². The van der Waals surface area contributed by atoms with Gasteiger partial charge >= 0.3 is 6.03 Å². The third kappa shape index (κ3) is 1.48. The minimum Gasteiger partial charge on any atom is -0.319 e. The van der Waals surface area contributed by atoms with Crippen LogP contribution in [0.5, 0.6) is 0 Å². The molecule has 1 aliphatic heterocycles. The van der Waals surface area contributed by atoms with Crippen molar-refractivity contribution in [3.05, 3.63) is 20.8 Å². The van der Waals surface area contributed by atoms with Crippen molar-refractivity contribution in [1.29, 1.82) is 0 Å². The van der Waals surface area contributed by atoms with Crippen molar-refractivity contribution in [2.45, 2.75) is 12.5 Å². The van der Waals surface area contributed by atoms with Gasteiger partial charge in [-0.1, -0.05) is 0 Å². The van der Waals surface area contributed by atoms with Crippen LogP contribution in [0.3, 0.4) is 0 Å². The lowest BCUT2D eigenvalue weighted by molar-refractivity contribution is -0.130. The van der Waals surface area contributed by atoms with Gasteiger partial charge in [0.15, 0.2) is 5.54 Å². The molecule has 0 aromatic carbocycles. The molecular weight excluding hydrogens is 280 g/mol. The first-order chi connectivity index (χ1) is 6.95. The summed E-state index contributed by atoms with van der Waals surface area (Å²) in [4.78, 5) is 25.2. The fourth-order valence-corrected chi connectivity index (χ4v) is 3.01. The van der Waals surface area contributed by atoms with Gasteiger partial charge < -0.3 is 5.32 Å². The van der Waals surface area contributed by atoms with Crippen molar-refractivity contribution < 1.29 is 9.59 Å². The number of carbonyl (C=O) groups is 2. The number of carbonyl (C=O) groups excluding carboxylic acids is 2. The SMILES string of the molecule is CN1C(=O)N[C@@](C)(c2ccc(Br)s2)C1=O. The van der Waals surface area contributed by atoms with Crippen molar-refractivity contribution in [3.63, 3.8) is 0 Å². The Morgan fingerprint density at radius 3 is 2.53 bits per heavy atom. The minimum atomic E-state index is -0.914. The molecule has 0 spiro atoms. The second kappa shape index (κ2) is 3.31. The number of imide groups is 1. The summed E-state index contributed by atoms with van der Waals surface area (Å²) in [5, 5.41) is 2.69. The van der Waals surface area contributed by atoms with Crippen LogP contribution in [-0.4, -0.2) is 23.9 Å². The van der Waals surface area contributed by atoms with E-state index in [1.165, 1.54) is 18.4 Å². The number of hydrogen-bond acceptors (Lipinski definition) is 3. The number of hydrogen-bond donors (Lipinski definition) is 1. The number of halogens is 1. The Hall–Kier alpha value is -0.880. The molecule has 0 bridgehead atoms. The largest absolute Gasteiger partial charge is 0.325 e. The normalized spacial score (nSPS) is 25.9. The summed E-state index contributed by atoms with van der Waals surface area (Å²) in [5.74, 6) is -0.221. The smallest absolute Gasteiger partial charge is 0.319 e. The molecule has 1 N–H and O–H groups in total. The van der Waals surface area contributed by atoms with Crippen LogP contribution < -0.4 is 5.32 Å². The van der Waals surface area contributed by atoms with Gasteiger partial charge in [-0.05, 0) is 35.0 Å². The summed E-state index contributed by atoms with van der Waals surface area (Å²) in [7, 11) is 1.48. The van der Waals surface area contributed by atoms with Gasteiger partial charge in [0.2, 0.25) is 0 Å². The second-order valence-corrected chi connectivity index (χ2v) is 5.99. The Morgan fingerprint density at radius 1 is 1.47 bits per heavy atom. The number of nitrogens with zero attached hydrogens (tertiary/aromatic N) is 1. The molecule has 4 nitrogen and oxygen atoms in total. The van der Waals surface area contributed by atoms with Crippen LogP contribution in [0.15, 0.2) is 15.9 Å².